The predicted octanol–water partition coefficient (Wildman–Crippen LogP) is 1.65. The van der Waals surface area contributed by atoms with E-state index in [9.17, 15) is 0 Å². The van der Waals surface area contributed by atoms with E-state index in [2.05, 4.69) is 26.4 Å². The molecular weight excluding hydrogens is 166 g/mol. The molecule has 1 heterocycles. The minimum absolute atomic E-state index is 0.787. The summed E-state index contributed by atoms with van der Waals surface area (Å²) in [5, 5.41) is 0. The Morgan fingerprint density at radius 1 is 1.70 bits per heavy atom. The molecule has 0 spiro atoms. The number of aromatic nitrogens is 2. The summed E-state index contributed by atoms with van der Waals surface area (Å²) < 4.78 is 3.14. The third kappa shape index (κ3) is 2.53. The van der Waals surface area contributed by atoms with Crippen molar-refractivity contribution >= 4 is 26.9 Å². The molecule has 1 aromatic heterocycles. The van der Waals surface area contributed by atoms with Crippen molar-refractivity contribution in [1.82, 2.24) is 9.97 Å². The smallest absolute Gasteiger partial charge is 0.209 e. The highest BCUT2D eigenvalue weighted by atomic mass is 33.1. The number of hydrogen-bond donors (Lipinski definition) is 3. The van der Waals surface area contributed by atoms with Crippen LogP contribution in [0.5, 0.6) is 0 Å². The van der Waals surface area contributed by atoms with Gasteiger partial charge in [0.2, 0.25) is 5.95 Å². The molecular formula is C5H11N3S2. The Kier molecular flexibility index (Phi) is 2.15. The number of thiol groups is 1. The highest BCUT2D eigenvalue weighted by Crippen LogP contribution is 2.43. The molecule has 0 amide bonds. The van der Waals surface area contributed by atoms with Gasteiger partial charge in [-0.3, -0.25) is 0 Å². The molecule has 1 rings (SSSR count). The average molecular weight is 177 g/mol. The van der Waals surface area contributed by atoms with Crippen LogP contribution in [0.25, 0.3) is 0 Å². The van der Waals surface area contributed by atoms with E-state index in [-0.39, 0.29) is 0 Å². The quantitative estimate of drug-likeness (QED) is 0.475. The molecule has 0 radical (unpaired) electrons. The number of H-pyrrole nitrogens is 1. The monoisotopic (exact) mass is 177 g/mol. The molecule has 0 aromatic carbocycles. The number of imidazole rings is 1. The van der Waals surface area contributed by atoms with Crippen molar-refractivity contribution in [3.05, 3.63) is 12.4 Å². The number of anilines is 1. The van der Waals surface area contributed by atoms with Crippen LogP contribution in [-0.4, -0.2) is 22.5 Å². The van der Waals surface area contributed by atoms with Gasteiger partial charge in [-0.15, -0.1) is 20.9 Å². The van der Waals surface area contributed by atoms with Crippen molar-refractivity contribution in [2.75, 3.05) is 17.2 Å². The summed E-state index contributed by atoms with van der Waals surface area (Å²) >= 11 is 4.35. The van der Waals surface area contributed by atoms with Crippen LogP contribution in [0, 0.1) is 0 Å². The summed E-state index contributed by atoms with van der Waals surface area (Å²) in [6.07, 6.45) is 7.57. The summed E-state index contributed by atoms with van der Waals surface area (Å²) in [7, 11) is -0.996. The molecule has 0 unspecified atom stereocenters. The standard InChI is InChI=1S/C5H11N3S2/c1-10(2,9)8-5-6-3-4-7-5/h3-4,9H,1-2H3,(H2,6,7,8). The molecule has 0 fully saturated rings. The predicted molar refractivity (Wildman–Crippen MR) is 50.6 cm³/mol. The first-order valence-electron chi connectivity index (χ1n) is 2.81. The first kappa shape index (κ1) is 7.81. The van der Waals surface area contributed by atoms with Gasteiger partial charge in [-0.2, -0.15) is 0 Å². The zero-order valence-electron chi connectivity index (χ0n) is 5.96. The van der Waals surface area contributed by atoms with Crippen LogP contribution in [0.1, 0.15) is 0 Å². The van der Waals surface area contributed by atoms with Gasteiger partial charge in [-0.25, -0.2) is 4.98 Å². The second-order valence-electron chi connectivity index (χ2n) is 2.31. The number of rotatable bonds is 2. The summed E-state index contributed by atoms with van der Waals surface area (Å²) in [4.78, 5) is 6.95. The maximum Gasteiger partial charge on any atom is 0.209 e. The molecule has 0 saturated carbocycles. The third-order valence-electron chi connectivity index (χ3n) is 0.845. The molecule has 0 aliphatic carbocycles. The molecule has 58 valence electrons. The third-order valence-corrected chi connectivity index (χ3v) is 1.81. The van der Waals surface area contributed by atoms with Crippen LogP contribution < -0.4 is 4.72 Å². The van der Waals surface area contributed by atoms with Crippen molar-refractivity contribution in [2.45, 2.75) is 0 Å². The lowest BCUT2D eigenvalue weighted by Crippen LogP contribution is -2.01. The topological polar surface area (TPSA) is 40.7 Å². The Labute approximate surface area is 66.9 Å². The van der Waals surface area contributed by atoms with Crippen molar-refractivity contribution in [3.63, 3.8) is 0 Å². The van der Waals surface area contributed by atoms with Gasteiger partial charge in [-0.05, 0) is 12.5 Å². The van der Waals surface area contributed by atoms with Crippen molar-refractivity contribution < 1.29 is 0 Å². The van der Waals surface area contributed by atoms with Gasteiger partial charge in [0.25, 0.3) is 0 Å². The van der Waals surface area contributed by atoms with Gasteiger partial charge >= 0.3 is 0 Å². The van der Waals surface area contributed by atoms with Gasteiger partial charge in [-0.1, -0.05) is 0 Å². The Bertz CT molecular complexity index is 189. The van der Waals surface area contributed by atoms with Gasteiger partial charge in [0.05, 0.1) is 0 Å². The molecule has 5 heteroatoms. The van der Waals surface area contributed by atoms with E-state index < -0.39 is 9.25 Å². The highest BCUT2D eigenvalue weighted by Gasteiger charge is 2.04. The van der Waals surface area contributed by atoms with Crippen LogP contribution >= 0.6 is 20.9 Å². The molecule has 2 N–H and O–H groups in total. The van der Waals surface area contributed by atoms with Crippen LogP contribution in [0.2, 0.25) is 0 Å². The average Bonchev–Trinajstić information content (AvgIpc) is 2.12. The number of nitrogens with zero attached hydrogens (tertiary/aromatic N) is 1. The lowest BCUT2D eigenvalue weighted by atomic mass is 11.0. The van der Waals surface area contributed by atoms with Crippen LogP contribution in [0.3, 0.4) is 0 Å². The summed E-state index contributed by atoms with van der Waals surface area (Å²) in [6.45, 7) is 0. The van der Waals surface area contributed by atoms with Gasteiger partial charge in [0.15, 0.2) is 0 Å². The maximum absolute atomic E-state index is 4.35. The second-order valence-corrected chi connectivity index (χ2v) is 7.80. The SMILES string of the molecule is CS(C)(S)Nc1ncc[nH]1. The highest BCUT2D eigenvalue weighted by molar-refractivity contribution is 8.87. The molecule has 0 saturated heterocycles. The zero-order valence-corrected chi connectivity index (χ0v) is 7.67. The Morgan fingerprint density at radius 2 is 2.40 bits per heavy atom. The van der Waals surface area contributed by atoms with Crippen LogP contribution in [0.15, 0.2) is 12.4 Å². The summed E-state index contributed by atoms with van der Waals surface area (Å²) in [6, 6.07) is 0. The van der Waals surface area contributed by atoms with Crippen molar-refractivity contribution in [3.8, 4) is 0 Å². The Balaban J connectivity index is 2.57. The molecule has 3 nitrogen and oxygen atoms in total. The van der Waals surface area contributed by atoms with E-state index in [0.29, 0.717) is 0 Å². The van der Waals surface area contributed by atoms with E-state index in [1.165, 1.54) is 0 Å². The summed E-state index contributed by atoms with van der Waals surface area (Å²) in [5.41, 5.74) is 0. The normalized spacial score (nSPS) is 13.1. The molecule has 10 heavy (non-hydrogen) atoms. The molecule has 0 bridgehead atoms. The Hall–Kier alpha value is -0.290. The van der Waals surface area contributed by atoms with E-state index >= 15 is 0 Å². The molecule has 1 aromatic rings. The fourth-order valence-corrected chi connectivity index (χ4v) is 1.40. The van der Waals surface area contributed by atoms with E-state index in [0.717, 1.165) is 5.95 Å². The zero-order chi connectivity index (χ0) is 7.61. The van der Waals surface area contributed by atoms with Gasteiger partial charge in [0, 0.05) is 12.4 Å². The van der Waals surface area contributed by atoms with Crippen LogP contribution in [0.4, 0.5) is 5.95 Å². The fraction of sp³-hybridized carbons (Fsp3) is 0.400. The minimum atomic E-state index is -0.996. The largest absolute Gasteiger partial charge is 0.330 e. The number of hydrogen-bond acceptors (Lipinski definition) is 3. The first-order chi connectivity index (χ1) is 4.58. The summed E-state index contributed by atoms with van der Waals surface area (Å²) in [5.74, 6) is 0.787. The number of nitrogens with one attached hydrogen (secondary N) is 2. The van der Waals surface area contributed by atoms with Gasteiger partial charge < -0.3 is 9.71 Å². The lowest BCUT2D eigenvalue weighted by molar-refractivity contribution is 1.32. The minimum Gasteiger partial charge on any atom is -0.330 e. The first-order valence-corrected chi connectivity index (χ1v) is 6.31. The van der Waals surface area contributed by atoms with E-state index in [1.807, 2.05) is 12.5 Å². The lowest BCUT2D eigenvalue weighted by Gasteiger charge is -2.24. The number of aromatic amines is 1. The second kappa shape index (κ2) is 2.75. The van der Waals surface area contributed by atoms with Gasteiger partial charge in [0.1, 0.15) is 0 Å². The molecule has 0 aliphatic rings. The molecule has 0 aliphatic heterocycles. The van der Waals surface area contributed by atoms with Crippen molar-refractivity contribution in [1.29, 1.82) is 0 Å². The van der Waals surface area contributed by atoms with E-state index in [1.54, 1.807) is 12.4 Å². The van der Waals surface area contributed by atoms with Crippen LogP contribution in [-0.2, 0) is 0 Å². The van der Waals surface area contributed by atoms with E-state index in [4.69, 9.17) is 0 Å². The van der Waals surface area contributed by atoms with Crippen molar-refractivity contribution in [2.24, 2.45) is 0 Å². The fourth-order valence-electron chi connectivity index (χ4n) is 0.558. The maximum atomic E-state index is 4.35. The Morgan fingerprint density at radius 3 is 2.80 bits per heavy atom. The molecule has 0 atom stereocenters.